The number of hydrogen-bond donors (Lipinski definition) is 2. The highest BCUT2D eigenvalue weighted by Crippen LogP contribution is 2.38. The molecule has 0 aliphatic heterocycles. The normalized spacial score (nSPS) is 15.9. The lowest BCUT2D eigenvalue weighted by atomic mass is 9.92. The predicted molar refractivity (Wildman–Crippen MR) is 124 cm³/mol. The topological polar surface area (TPSA) is 75.7 Å². The van der Waals surface area contributed by atoms with E-state index >= 15 is 0 Å². The number of aromatic nitrogens is 4. The van der Waals surface area contributed by atoms with E-state index in [2.05, 4.69) is 25.5 Å². The Balaban J connectivity index is 1.52. The fraction of sp³-hybridized carbons (Fsp3) is 0.160. The van der Waals surface area contributed by atoms with Gasteiger partial charge in [0.2, 0.25) is 0 Å². The fourth-order valence-electron chi connectivity index (χ4n) is 4.03. The largest absolute Gasteiger partial charge is 0.495 e. The molecule has 2 aromatic carbocycles. The average molecular weight is 463 g/mol. The van der Waals surface area contributed by atoms with E-state index in [1.165, 1.54) is 18.5 Å². The van der Waals surface area contributed by atoms with Gasteiger partial charge in [0.25, 0.3) is 0 Å². The Morgan fingerprint density at radius 1 is 1.06 bits per heavy atom. The van der Waals surface area contributed by atoms with E-state index in [-0.39, 0.29) is 12.3 Å². The molecule has 0 fully saturated rings. The third-order valence-electron chi connectivity index (χ3n) is 5.74. The number of H-pyrrole nitrogens is 1. The van der Waals surface area contributed by atoms with Crippen LogP contribution in [0.15, 0.2) is 78.7 Å². The van der Waals surface area contributed by atoms with Crippen LogP contribution >= 0.6 is 0 Å². The molecule has 0 saturated carbocycles. The van der Waals surface area contributed by atoms with E-state index in [1.807, 2.05) is 48.5 Å². The van der Waals surface area contributed by atoms with E-state index in [9.17, 15) is 13.2 Å². The van der Waals surface area contributed by atoms with Crippen molar-refractivity contribution in [1.82, 2.24) is 20.2 Å². The monoisotopic (exact) mass is 463 g/mol. The number of hydrogen-bond acceptors (Lipinski definition) is 5. The quantitative estimate of drug-likeness (QED) is 0.363. The van der Waals surface area contributed by atoms with Crippen LogP contribution in [0, 0.1) is 0 Å². The molecule has 0 spiro atoms. The number of nitrogens with zero attached hydrogens (tertiary/aromatic N) is 3. The van der Waals surface area contributed by atoms with Crippen molar-refractivity contribution in [3.05, 3.63) is 84.4 Å². The van der Waals surface area contributed by atoms with Crippen molar-refractivity contribution in [3.63, 3.8) is 0 Å². The first-order valence-electron chi connectivity index (χ1n) is 10.6. The first kappa shape index (κ1) is 21.7. The molecule has 2 heterocycles. The number of benzene rings is 2. The maximum Gasteiger partial charge on any atom is 0.416 e. The van der Waals surface area contributed by atoms with Gasteiger partial charge in [0.05, 0.1) is 29.5 Å². The summed E-state index contributed by atoms with van der Waals surface area (Å²) in [6.07, 6.45) is 1.03. The van der Waals surface area contributed by atoms with Crippen molar-refractivity contribution < 1.29 is 17.9 Å². The number of halogens is 3. The number of alkyl halides is 3. The summed E-state index contributed by atoms with van der Waals surface area (Å²) < 4.78 is 44.6. The Morgan fingerprint density at radius 2 is 1.88 bits per heavy atom. The molecule has 1 aliphatic rings. The highest BCUT2D eigenvalue weighted by atomic mass is 19.4. The third kappa shape index (κ3) is 4.12. The molecule has 34 heavy (non-hydrogen) atoms. The van der Waals surface area contributed by atoms with Crippen LogP contribution in [0.2, 0.25) is 0 Å². The standard InChI is InChI=1S/C25H20F3N5O/c1-34-20-12-9-17(15-5-3-2-4-6-15)13-19(20)31-23-21-22(32-33-24(21)30-14-29-23)16-7-10-18(11-8-16)25(26,27)28/h2-7,9-14,16H,8H2,1H3,(H2,29,30,31,32,33). The summed E-state index contributed by atoms with van der Waals surface area (Å²) >= 11 is 0. The smallest absolute Gasteiger partial charge is 0.416 e. The summed E-state index contributed by atoms with van der Waals surface area (Å²) in [6, 6.07) is 15.7. The molecule has 2 aromatic heterocycles. The second-order valence-corrected chi connectivity index (χ2v) is 7.82. The molecule has 4 aromatic rings. The van der Waals surface area contributed by atoms with Gasteiger partial charge in [-0.05, 0) is 29.7 Å². The number of methoxy groups -OCH3 is 1. The minimum atomic E-state index is -4.37. The SMILES string of the molecule is COc1ccc(-c2ccccc2)cc1Nc1ncnc2n[nH]c(C3C=CC(C(F)(F)F)=CC3)c12. The second kappa shape index (κ2) is 8.66. The highest BCUT2D eigenvalue weighted by Gasteiger charge is 2.33. The van der Waals surface area contributed by atoms with E-state index in [0.717, 1.165) is 17.2 Å². The Kier molecular flexibility index (Phi) is 5.53. The fourth-order valence-corrected chi connectivity index (χ4v) is 4.03. The highest BCUT2D eigenvalue weighted by molar-refractivity contribution is 5.92. The van der Waals surface area contributed by atoms with Gasteiger partial charge >= 0.3 is 6.18 Å². The summed E-state index contributed by atoms with van der Waals surface area (Å²) in [7, 11) is 1.58. The Hall–Kier alpha value is -4.14. The second-order valence-electron chi connectivity index (χ2n) is 7.82. The number of fused-ring (bicyclic) bond motifs is 1. The lowest BCUT2D eigenvalue weighted by Gasteiger charge is -2.18. The molecule has 1 aliphatic carbocycles. The molecule has 172 valence electrons. The molecule has 0 bridgehead atoms. The van der Waals surface area contributed by atoms with Crippen molar-refractivity contribution in [1.29, 1.82) is 0 Å². The van der Waals surface area contributed by atoms with Crippen LogP contribution in [0.4, 0.5) is 24.7 Å². The Labute approximate surface area is 193 Å². The molecule has 0 saturated heterocycles. The molecule has 1 unspecified atom stereocenters. The van der Waals surface area contributed by atoms with Gasteiger partial charge in [-0.1, -0.05) is 54.6 Å². The number of allylic oxidation sites excluding steroid dienone is 4. The minimum Gasteiger partial charge on any atom is -0.495 e. The van der Waals surface area contributed by atoms with Crippen LogP contribution in [0.1, 0.15) is 18.0 Å². The summed E-state index contributed by atoms with van der Waals surface area (Å²) in [5.41, 5.74) is 3.14. The molecule has 0 radical (unpaired) electrons. The number of ether oxygens (including phenoxy) is 1. The predicted octanol–water partition coefficient (Wildman–Crippen LogP) is 6.30. The number of rotatable bonds is 5. The van der Waals surface area contributed by atoms with Crippen LogP contribution in [-0.4, -0.2) is 33.5 Å². The molecule has 6 nitrogen and oxygen atoms in total. The maximum absolute atomic E-state index is 13.0. The van der Waals surface area contributed by atoms with Crippen molar-refractivity contribution >= 4 is 22.5 Å². The average Bonchev–Trinajstić information content (AvgIpc) is 3.29. The van der Waals surface area contributed by atoms with Crippen LogP contribution in [-0.2, 0) is 0 Å². The third-order valence-corrected chi connectivity index (χ3v) is 5.74. The molecule has 2 N–H and O–H groups in total. The summed E-state index contributed by atoms with van der Waals surface area (Å²) in [4.78, 5) is 8.62. The molecule has 9 heteroatoms. The van der Waals surface area contributed by atoms with Gasteiger partial charge in [-0.25, -0.2) is 9.97 Å². The molecular formula is C25H20F3N5O. The summed E-state index contributed by atoms with van der Waals surface area (Å²) in [6.45, 7) is 0. The van der Waals surface area contributed by atoms with E-state index < -0.39 is 11.7 Å². The lowest BCUT2D eigenvalue weighted by Crippen LogP contribution is -2.13. The zero-order chi connectivity index (χ0) is 23.7. The maximum atomic E-state index is 13.0. The van der Waals surface area contributed by atoms with E-state index in [1.54, 1.807) is 7.11 Å². The molecule has 0 amide bonds. The Morgan fingerprint density at radius 3 is 2.59 bits per heavy atom. The van der Waals surface area contributed by atoms with Crippen molar-refractivity contribution in [2.24, 2.45) is 0 Å². The van der Waals surface area contributed by atoms with Crippen molar-refractivity contribution in [2.75, 3.05) is 12.4 Å². The van der Waals surface area contributed by atoms with E-state index in [0.29, 0.717) is 34.0 Å². The summed E-state index contributed by atoms with van der Waals surface area (Å²) in [5.74, 6) is 0.781. The van der Waals surface area contributed by atoms with Gasteiger partial charge in [0.15, 0.2) is 5.65 Å². The molecular weight excluding hydrogens is 443 g/mol. The molecule has 5 rings (SSSR count). The zero-order valence-corrected chi connectivity index (χ0v) is 18.1. The molecule has 1 atom stereocenters. The number of anilines is 2. The van der Waals surface area contributed by atoms with Crippen LogP contribution in [0.5, 0.6) is 5.75 Å². The first-order valence-corrected chi connectivity index (χ1v) is 10.6. The van der Waals surface area contributed by atoms with Crippen molar-refractivity contribution in [2.45, 2.75) is 18.5 Å². The Bertz CT molecular complexity index is 1390. The first-order chi connectivity index (χ1) is 16.4. The van der Waals surface area contributed by atoms with Gasteiger partial charge in [0.1, 0.15) is 17.9 Å². The van der Waals surface area contributed by atoms with E-state index in [4.69, 9.17) is 4.74 Å². The van der Waals surface area contributed by atoms with Gasteiger partial charge in [-0.2, -0.15) is 18.3 Å². The number of aromatic amines is 1. The van der Waals surface area contributed by atoms with Gasteiger partial charge in [-0.15, -0.1) is 0 Å². The van der Waals surface area contributed by atoms with Gasteiger partial charge in [0, 0.05) is 5.92 Å². The zero-order valence-electron chi connectivity index (χ0n) is 18.1. The number of nitrogens with one attached hydrogen (secondary N) is 2. The van der Waals surface area contributed by atoms with Crippen molar-refractivity contribution in [3.8, 4) is 16.9 Å². The summed E-state index contributed by atoms with van der Waals surface area (Å²) in [5, 5.41) is 11.1. The van der Waals surface area contributed by atoms with Crippen LogP contribution in [0.25, 0.3) is 22.2 Å². The lowest BCUT2D eigenvalue weighted by molar-refractivity contribution is -0.0886. The van der Waals surface area contributed by atoms with Gasteiger partial charge in [-0.3, -0.25) is 5.10 Å². The minimum absolute atomic E-state index is 0.184. The van der Waals surface area contributed by atoms with Crippen LogP contribution in [0.3, 0.4) is 0 Å². The van der Waals surface area contributed by atoms with Gasteiger partial charge < -0.3 is 10.1 Å². The van der Waals surface area contributed by atoms with Crippen LogP contribution < -0.4 is 10.1 Å².